The van der Waals surface area contributed by atoms with Crippen LogP contribution in [-0.2, 0) is 6.42 Å². The lowest BCUT2D eigenvalue weighted by Crippen LogP contribution is -2.21. The second kappa shape index (κ2) is 5.02. The van der Waals surface area contributed by atoms with E-state index in [4.69, 9.17) is 4.74 Å². The standard InChI is InChI=1S/C15H20N2O/c1-18-14-4-5-15-13(7-11-17(15)12-14)6-10-16-8-2-3-9-16/h4-5,7,11-12H,2-3,6,8-10H2,1H3. The van der Waals surface area contributed by atoms with Gasteiger partial charge < -0.3 is 14.0 Å². The van der Waals surface area contributed by atoms with Crippen LogP contribution < -0.4 is 4.74 Å². The van der Waals surface area contributed by atoms with Crippen molar-refractivity contribution >= 4 is 5.52 Å². The van der Waals surface area contributed by atoms with Crippen LogP contribution in [0.2, 0.25) is 0 Å². The minimum absolute atomic E-state index is 0.907. The molecule has 0 atom stereocenters. The number of rotatable bonds is 4. The summed E-state index contributed by atoms with van der Waals surface area (Å²) < 4.78 is 7.39. The number of pyridine rings is 1. The van der Waals surface area contributed by atoms with Gasteiger partial charge in [-0.15, -0.1) is 0 Å². The number of hydrogen-bond acceptors (Lipinski definition) is 2. The maximum atomic E-state index is 5.24. The Bertz CT molecular complexity index is 526. The largest absolute Gasteiger partial charge is 0.495 e. The van der Waals surface area contributed by atoms with Crippen molar-refractivity contribution in [1.29, 1.82) is 0 Å². The molecule has 0 amide bonds. The first-order valence-corrected chi connectivity index (χ1v) is 6.73. The highest BCUT2D eigenvalue weighted by Gasteiger charge is 2.12. The Kier molecular flexibility index (Phi) is 3.24. The van der Waals surface area contributed by atoms with Gasteiger partial charge in [0.05, 0.1) is 13.3 Å². The van der Waals surface area contributed by atoms with Gasteiger partial charge in [0.25, 0.3) is 0 Å². The van der Waals surface area contributed by atoms with E-state index in [1.165, 1.54) is 43.6 Å². The minimum atomic E-state index is 0.907. The fraction of sp³-hybridized carbons (Fsp3) is 0.467. The molecule has 96 valence electrons. The zero-order valence-corrected chi connectivity index (χ0v) is 10.9. The molecule has 1 aliphatic heterocycles. The van der Waals surface area contributed by atoms with Crippen LogP contribution in [0, 0.1) is 0 Å². The van der Waals surface area contributed by atoms with E-state index in [1.54, 1.807) is 7.11 Å². The summed E-state index contributed by atoms with van der Waals surface area (Å²) in [5.74, 6) is 0.907. The SMILES string of the molecule is COc1ccc2c(CCN3CCCC3)ccn2c1. The third-order valence-electron chi connectivity index (χ3n) is 3.85. The van der Waals surface area contributed by atoms with Crippen molar-refractivity contribution in [3.8, 4) is 5.75 Å². The van der Waals surface area contributed by atoms with Gasteiger partial charge in [-0.05, 0) is 56.1 Å². The van der Waals surface area contributed by atoms with Crippen LogP contribution in [0.3, 0.4) is 0 Å². The van der Waals surface area contributed by atoms with Crippen molar-refractivity contribution in [2.24, 2.45) is 0 Å². The summed E-state index contributed by atoms with van der Waals surface area (Å²) >= 11 is 0. The molecule has 1 fully saturated rings. The quantitative estimate of drug-likeness (QED) is 0.822. The Hall–Kier alpha value is -1.48. The number of hydrogen-bond donors (Lipinski definition) is 0. The zero-order valence-electron chi connectivity index (χ0n) is 10.9. The highest BCUT2D eigenvalue weighted by atomic mass is 16.5. The number of ether oxygens (including phenoxy) is 1. The Morgan fingerprint density at radius 3 is 2.78 bits per heavy atom. The third-order valence-corrected chi connectivity index (χ3v) is 3.85. The number of fused-ring (bicyclic) bond motifs is 1. The molecular weight excluding hydrogens is 224 g/mol. The first-order valence-electron chi connectivity index (χ1n) is 6.73. The van der Waals surface area contributed by atoms with Crippen molar-refractivity contribution in [3.63, 3.8) is 0 Å². The fourth-order valence-corrected chi connectivity index (χ4v) is 2.77. The van der Waals surface area contributed by atoms with Gasteiger partial charge in [-0.3, -0.25) is 0 Å². The second-order valence-electron chi connectivity index (χ2n) is 5.00. The molecule has 3 nitrogen and oxygen atoms in total. The maximum absolute atomic E-state index is 5.24. The van der Waals surface area contributed by atoms with E-state index in [-0.39, 0.29) is 0 Å². The average Bonchev–Trinajstić information content (AvgIpc) is 3.05. The minimum Gasteiger partial charge on any atom is -0.495 e. The number of aromatic nitrogens is 1. The molecule has 0 aliphatic carbocycles. The van der Waals surface area contributed by atoms with E-state index >= 15 is 0 Å². The summed E-state index contributed by atoms with van der Waals surface area (Å²) in [5, 5.41) is 0. The Labute approximate surface area is 108 Å². The monoisotopic (exact) mass is 244 g/mol. The summed E-state index contributed by atoms with van der Waals surface area (Å²) in [6.07, 6.45) is 8.04. The molecule has 3 heteroatoms. The van der Waals surface area contributed by atoms with Crippen LogP contribution in [0.15, 0.2) is 30.6 Å². The third kappa shape index (κ3) is 2.23. The van der Waals surface area contributed by atoms with Crippen molar-refractivity contribution in [2.45, 2.75) is 19.3 Å². The molecule has 0 saturated carbocycles. The summed E-state index contributed by atoms with van der Waals surface area (Å²) in [7, 11) is 1.71. The van der Waals surface area contributed by atoms with Crippen molar-refractivity contribution in [2.75, 3.05) is 26.7 Å². The van der Waals surface area contributed by atoms with Gasteiger partial charge in [0.1, 0.15) is 5.75 Å². The van der Waals surface area contributed by atoms with Crippen molar-refractivity contribution in [1.82, 2.24) is 9.30 Å². The van der Waals surface area contributed by atoms with E-state index in [0.29, 0.717) is 0 Å². The van der Waals surface area contributed by atoms with Crippen molar-refractivity contribution in [3.05, 3.63) is 36.2 Å². The van der Waals surface area contributed by atoms with E-state index in [1.807, 2.05) is 12.3 Å². The summed E-state index contributed by atoms with van der Waals surface area (Å²) in [5.41, 5.74) is 2.74. The Balaban J connectivity index is 1.75. The van der Waals surface area contributed by atoms with Crippen LogP contribution in [-0.4, -0.2) is 36.0 Å². The molecular formula is C15H20N2O. The van der Waals surface area contributed by atoms with Gasteiger partial charge in [-0.2, -0.15) is 0 Å². The van der Waals surface area contributed by atoms with E-state index in [2.05, 4.69) is 27.6 Å². The molecule has 0 spiro atoms. The summed E-state index contributed by atoms with van der Waals surface area (Å²) in [6.45, 7) is 3.74. The molecule has 0 N–H and O–H groups in total. The van der Waals surface area contributed by atoms with Gasteiger partial charge in [0, 0.05) is 18.3 Å². The van der Waals surface area contributed by atoms with Crippen molar-refractivity contribution < 1.29 is 4.74 Å². The van der Waals surface area contributed by atoms with Gasteiger partial charge in [-0.25, -0.2) is 0 Å². The molecule has 1 aliphatic rings. The normalized spacial score (nSPS) is 16.5. The fourth-order valence-electron chi connectivity index (χ4n) is 2.77. The maximum Gasteiger partial charge on any atom is 0.135 e. The number of nitrogens with zero attached hydrogens (tertiary/aromatic N) is 2. The molecule has 3 heterocycles. The first kappa shape index (κ1) is 11.6. The molecule has 0 radical (unpaired) electrons. The average molecular weight is 244 g/mol. The highest BCUT2D eigenvalue weighted by Crippen LogP contribution is 2.19. The van der Waals surface area contributed by atoms with Crippen LogP contribution in [0.1, 0.15) is 18.4 Å². The molecule has 1 saturated heterocycles. The smallest absolute Gasteiger partial charge is 0.135 e. The zero-order chi connectivity index (χ0) is 12.4. The number of methoxy groups -OCH3 is 1. The molecule has 0 bridgehead atoms. The highest BCUT2D eigenvalue weighted by molar-refractivity contribution is 5.57. The number of likely N-dealkylation sites (tertiary alicyclic amines) is 1. The molecule has 18 heavy (non-hydrogen) atoms. The molecule has 0 aromatic carbocycles. The lowest BCUT2D eigenvalue weighted by Gasteiger charge is -2.13. The van der Waals surface area contributed by atoms with Crippen LogP contribution in [0.25, 0.3) is 5.52 Å². The van der Waals surface area contributed by atoms with Crippen LogP contribution >= 0.6 is 0 Å². The molecule has 2 aromatic rings. The predicted molar refractivity (Wildman–Crippen MR) is 73.3 cm³/mol. The summed E-state index contributed by atoms with van der Waals surface area (Å²) in [4.78, 5) is 2.56. The topological polar surface area (TPSA) is 16.9 Å². The predicted octanol–water partition coefficient (Wildman–Crippen LogP) is 2.59. The summed E-state index contributed by atoms with van der Waals surface area (Å²) in [6, 6.07) is 6.41. The Morgan fingerprint density at radius 1 is 1.17 bits per heavy atom. The van der Waals surface area contributed by atoms with E-state index in [9.17, 15) is 0 Å². The van der Waals surface area contributed by atoms with E-state index in [0.717, 1.165) is 12.2 Å². The molecule has 0 unspecified atom stereocenters. The van der Waals surface area contributed by atoms with Gasteiger partial charge in [0.2, 0.25) is 0 Å². The van der Waals surface area contributed by atoms with Gasteiger partial charge >= 0.3 is 0 Å². The molecule has 2 aromatic heterocycles. The van der Waals surface area contributed by atoms with Crippen LogP contribution in [0.5, 0.6) is 5.75 Å². The van der Waals surface area contributed by atoms with Gasteiger partial charge in [0.15, 0.2) is 0 Å². The van der Waals surface area contributed by atoms with Gasteiger partial charge in [-0.1, -0.05) is 0 Å². The lowest BCUT2D eigenvalue weighted by atomic mass is 10.2. The van der Waals surface area contributed by atoms with E-state index < -0.39 is 0 Å². The lowest BCUT2D eigenvalue weighted by molar-refractivity contribution is 0.344. The molecule has 3 rings (SSSR count). The first-order chi connectivity index (χ1) is 8.86. The second-order valence-corrected chi connectivity index (χ2v) is 5.00. The van der Waals surface area contributed by atoms with Crippen LogP contribution in [0.4, 0.5) is 0 Å². The Morgan fingerprint density at radius 2 is 2.00 bits per heavy atom.